The third-order valence-corrected chi connectivity index (χ3v) is 4.67. The summed E-state index contributed by atoms with van der Waals surface area (Å²) in [4.78, 5) is 0. The number of halogens is 1. The van der Waals surface area contributed by atoms with Crippen LogP contribution < -0.4 is 14.8 Å². The zero-order chi connectivity index (χ0) is 13.9. The molecular formula is C16H22BrNO2. The molecule has 110 valence electrons. The fourth-order valence-electron chi connectivity index (χ4n) is 2.78. The van der Waals surface area contributed by atoms with Crippen LogP contribution in [0, 0.1) is 5.92 Å². The van der Waals surface area contributed by atoms with E-state index in [1.165, 1.54) is 18.4 Å². The van der Waals surface area contributed by atoms with Gasteiger partial charge >= 0.3 is 0 Å². The zero-order valence-corrected chi connectivity index (χ0v) is 13.5. The van der Waals surface area contributed by atoms with Crippen molar-refractivity contribution in [2.24, 2.45) is 5.92 Å². The molecule has 1 N–H and O–H groups in total. The summed E-state index contributed by atoms with van der Waals surface area (Å²) in [6.45, 7) is 2.29. The lowest BCUT2D eigenvalue weighted by Crippen LogP contribution is -2.28. The van der Waals surface area contributed by atoms with Gasteiger partial charge in [0.05, 0.1) is 17.7 Å². The van der Waals surface area contributed by atoms with Crippen molar-refractivity contribution in [2.75, 3.05) is 20.2 Å². The quantitative estimate of drug-likeness (QED) is 0.889. The van der Waals surface area contributed by atoms with E-state index in [-0.39, 0.29) is 0 Å². The van der Waals surface area contributed by atoms with Gasteiger partial charge in [-0.25, -0.2) is 0 Å². The van der Waals surface area contributed by atoms with Gasteiger partial charge in [-0.3, -0.25) is 0 Å². The first kappa shape index (κ1) is 14.2. The molecule has 4 heteroatoms. The monoisotopic (exact) mass is 339 g/mol. The fourth-order valence-corrected chi connectivity index (χ4v) is 3.36. The Morgan fingerprint density at radius 3 is 2.60 bits per heavy atom. The molecule has 1 aliphatic heterocycles. The van der Waals surface area contributed by atoms with Crippen molar-refractivity contribution in [2.45, 2.75) is 38.2 Å². The zero-order valence-electron chi connectivity index (χ0n) is 12.0. The molecule has 0 atom stereocenters. The Bertz CT molecular complexity index is 468. The van der Waals surface area contributed by atoms with Crippen molar-refractivity contribution in [3.05, 3.63) is 22.2 Å². The second kappa shape index (κ2) is 6.35. The number of hydrogen-bond acceptors (Lipinski definition) is 3. The highest BCUT2D eigenvalue weighted by molar-refractivity contribution is 9.10. The van der Waals surface area contributed by atoms with Crippen molar-refractivity contribution in [1.29, 1.82) is 0 Å². The fraction of sp³-hybridized carbons (Fsp3) is 0.625. The van der Waals surface area contributed by atoms with Gasteiger partial charge < -0.3 is 14.8 Å². The van der Waals surface area contributed by atoms with Crippen LogP contribution in [0.3, 0.4) is 0 Å². The summed E-state index contributed by atoms with van der Waals surface area (Å²) >= 11 is 3.64. The lowest BCUT2D eigenvalue weighted by molar-refractivity contribution is 0.279. The van der Waals surface area contributed by atoms with E-state index in [1.54, 1.807) is 7.11 Å². The Morgan fingerprint density at radius 2 is 1.95 bits per heavy atom. The van der Waals surface area contributed by atoms with E-state index >= 15 is 0 Å². The molecule has 1 aromatic carbocycles. The lowest BCUT2D eigenvalue weighted by atomic mass is 9.91. The number of methoxy groups -OCH3 is 1. The van der Waals surface area contributed by atoms with E-state index in [0.29, 0.717) is 6.10 Å². The average molecular weight is 340 g/mol. The van der Waals surface area contributed by atoms with Gasteiger partial charge in [0.1, 0.15) is 0 Å². The van der Waals surface area contributed by atoms with E-state index < -0.39 is 0 Å². The minimum Gasteiger partial charge on any atom is -0.493 e. The number of piperidine rings is 1. The molecule has 3 rings (SSSR count). The lowest BCUT2D eigenvalue weighted by Gasteiger charge is -2.23. The molecule has 0 spiro atoms. The number of ether oxygens (including phenoxy) is 2. The number of hydrogen-bond donors (Lipinski definition) is 1. The molecule has 2 aliphatic rings. The van der Waals surface area contributed by atoms with Crippen LogP contribution in [0.25, 0.3) is 0 Å². The maximum atomic E-state index is 5.94. The van der Waals surface area contributed by atoms with E-state index in [2.05, 4.69) is 33.4 Å². The summed E-state index contributed by atoms with van der Waals surface area (Å²) in [6, 6.07) is 4.34. The molecule has 0 aromatic heterocycles. The molecule has 0 radical (unpaired) electrons. The van der Waals surface area contributed by atoms with Crippen LogP contribution in [0.1, 0.15) is 31.2 Å². The predicted octanol–water partition coefficient (Wildman–Crippen LogP) is 3.54. The van der Waals surface area contributed by atoms with Crippen LogP contribution >= 0.6 is 15.9 Å². The first-order chi connectivity index (χ1) is 9.76. The largest absolute Gasteiger partial charge is 0.493 e. The number of benzene rings is 1. The number of nitrogens with one attached hydrogen (secondary N) is 1. The SMILES string of the molecule is COc1cc(CC2CCNCC2)cc(Br)c1OC1CC1. The summed E-state index contributed by atoms with van der Waals surface area (Å²) in [5.74, 6) is 2.50. The van der Waals surface area contributed by atoms with Gasteiger partial charge in [0.25, 0.3) is 0 Å². The van der Waals surface area contributed by atoms with Crippen molar-refractivity contribution in [3.63, 3.8) is 0 Å². The summed E-state index contributed by atoms with van der Waals surface area (Å²) in [5.41, 5.74) is 1.34. The van der Waals surface area contributed by atoms with Crippen LogP contribution in [-0.2, 0) is 6.42 Å². The van der Waals surface area contributed by atoms with Crippen molar-refractivity contribution in [3.8, 4) is 11.5 Å². The Balaban J connectivity index is 1.75. The molecule has 1 aromatic rings. The minimum atomic E-state index is 0.385. The van der Waals surface area contributed by atoms with Crippen molar-refractivity contribution < 1.29 is 9.47 Å². The summed E-state index contributed by atoms with van der Waals surface area (Å²) in [5, 5.41) is 3.42. The van der Waals surface area contributed by atoms with Crippen LogP contribution in [0.2, 0.25) is 0 Å². The Morgan fingerprint density at radius 1 is 1.20 bits per heavy atom. The second-order valence-electron chi connectivity index (χ2n) is 5.82. The Labute approximate surface area is 129 Å². The first-order valence-corrected chi connectivity index (χ1v) is 8.29. The van der Waals surface area contributed by atoms with Crippen molar-refractivity contribution in [1.82, 2.24) is 5.32 Å². The highest BCUT2D eigenvalue weighted by Gasteiger charge is 2.26. The molecule has 0 bridgehead atoms. The molecule has 20 heavy (non-hydrogen) atoms. The predicted molar refractivity (Wildman–Crippen MR) is 83.6 cm³/mol. The van der Waals surface area contributed by atoms with Crippen LogP contribution in [-0.4, -0.2) is 26.3 Å². The highest BCUT2D eigenvalue weighted by Crippen LogP contribution is 2.41. The molecular weight excluding hydrogens is 318 g/mol. The normalized spacial score (nSPS) is 19.9. The van der Waals surface area contributed by atoms with Gasteiger partial charge in [-0.05, 0) is 84.7 Å². The first-order valence-electron chi connectivity index (χ1n) is 7.50. The van der Waals surface area contributed by atoms with Crippen LogP contribution in [0.15, 0.2) is 16.6 Å². The number of rotatable bonds is 5. The van der Waals surface area contributed by atoms with E-state index in [1.807, 2.05) is 0 Å². The third kappa shape index (κ3) is 3.47. The molecule has 1 aliphatic carbocycles. The third-order valence-electron chi connectivity index (χ3n) is 4.08. The van der Waals surface area contributed by atoms with Gasteiger partial charge in [-0.1, -0.05) is 0 Å². The highest BCUT2D eigenvalue weighted by atomic mass is 79.9. The molecule has 1 heterocycles. The molecule has 3 nitrogen and oxygen atoms in total. The standard InChI is InChI=1S/C16H22BrNO2/c1-19-15-10-12(8-11-4-6-18-7-5-11)9-14(17)16(15)20-13-2-3-13/h9-11,13,18H,2-8H2,1H3. The molecule has 0 amide bonds. The van der Waals surface area contributed by atoms with Gasteiger partial charge in [0, 0.05) is 0 Å². The van der Waals surface area contributed by atoms with Crippen LogP contribution in [0.4, 0.5) is 0 Å². The molecule has 0 unspecified atom stereocenters. The summed E-state index contributed by atoms with van der Waals surface area (Å²) in [6.07, 6.45) is 6.36. The smallest absolute Gasteiger partial charge is 0.175 e. The maximum Gasteiger partial charge on any atom is 0.175 e. The van der Waals surface area contributed by atoms with Gasteiger partial charge in [-0.15, -0.1) is 0 Å². The Kier molecular flexibility index (Phi) is 4.51. The maximum absolute atomic E-state index is 5.94. The van der Waals surface area contributed by atoms with E-state index in [0.717, 1.165) is 54.2 Å². The summed E-state index contributed by atoms with van der Waals surface area (Å²) in [7, 11) is 1.72. The molecule has 1 saturated heterocycles. The summed E-state index contributed by atoms with van der Waals surface area (Å²) < 4.78 is 12.5. The van der Waals surface area contributed by atoms with E-state index in [9.17, 15) is 0 Å². The molecule has 2 fully saturated rings. The van der Waals surface area contributed by atoms with Crippen LogP contribution in [0.5, 0.6) is 11.5 Å². The van der Waals surface area contributed by atoms with E-state index in [4.69, 9.17) is 9.47 Å². The second-order valence-corrected chi connectivity index (χ2v) is 6.68. The van der Waals surface area contributed by atoms with Crippen molar-refractivity contribution >= 4 is 15.9 Å². The van der Waals surface area contributed by atoms with Gasteiger partial charge in [0.15, 0.2) is 11.5 Å². The topological polar surface area (TPSA) is 30.5 Å². The van der Waals surface area contributed by atoms with Gasteiger partial charge in [0.2, 0.25) is 0 Å². The van der Waals surface area contributed by atoms with Gasteiger partial charge in [-0.2, -0.15) is 0 Å². The minimum absolute atomic E-state index is 0.385. The Hall–Kier alpha value is -0.740. The average Bonchev–Trinajstić information content (AvgIpc) is 3.26. The molecule has 1 saturated carbocycles.